The Morgan fingerprint density at radius 1 is 0.555 bits per heavy atom. The second-order valence-electron chi connectivity index (χ2n) is 28.4. The molecule has 3 aromatic carbocycles. The number of carbonyl (C=O) groups is 2. The largest absolute Gasteiger partial charge is 1.00 e. The number of nitrogens with two attached hydrogens (primary N) is 1. The number of aromatic nitrogens is 6. The Morgan fingerprint density at radius 2 is 0.874 bits per heavy atom. The number of alkyl halides is 11. The third-order valence-electron chi connectivity index (χ3n) is 16.9. The molecule has 0 unspecified atom stereocenters. The topological polar surface area (TPSA) is 445 Å². The van der Waals surface area contributed by atoms with Crippen molar-refractivity contribution in [2.75, 3.05) is 54.3 Å². The fourth-order valence-corrected chi connectivity index (χ4v) is 11.8. The summed E-state index contributed by atoms with van der Waals surface area (Å²) in [5, 5.41) is 66.7. The molecule has 3 aliphatic carbocycles. The van der Waals surface area contributed by atoms with E-state index in [2.05, 4.69) is 70.7 Å². The van der Waals surface area contributed by atoms with Gasteiger partial charge in [0.2, 0.25) is 17.8 Å². The molecule has 3 saturated carbocycles. The third kappa shape index (κ3) is 41.5. The summed E-state index contributed by atoms with van der Waals surface area (Å²) in [6.45, 7) is 13.3. The maximum absolute atomic E-state index is 12.7. The van der Waals surface area contributed by atoms with E-state index in [1.54, 1.807) is 38.3 Å². The molecule has 0 atom stereocenters. The van der Waals surface area contributed by atoms with Gasteiger partial charge in [0.25, 0.3) is 11.8 Å². The van der Waals surface area contributed by atoms with Crippen molar-refractivity contribution in [1.82, 2.24) is 40.5 Å². The summed E-state index contributed by atoms with van der Waals surface area (Å²) in [6.07, 6.45) is 0.256. The van der Waals surface area contributed by atoms with Crippen molar-refractivity contribution in [1.29, 1.82) is 5.26 Å². The predicted molar refractivity (Wildman–Crippen MR) is 415 cm³/mol. The standard InChI is InChI=1S/C24H30F3N5O6.C19H22F3N5O4.C13H8F3N5O3S.C12H23NO3.C4H8O.CH2Cl2.Na.H/c1-23(2,3)38-22(33)30-17-10-8-15(9-11-17)14-36-20-18(32(34)35)13-29-21(31-20)28-12-16-6-4-5-7-19(16)37-24(25,26)27;20-19(21,22)31-16-4-2-1-3-13(16)9-24-18-25-10-15(27(28)29)17(26-18)30-11-12-5-7-14(23)8-6-12;14-13(15,16)24-10-4-2-1-3-8(10)5-18-12-19-6-9(21(22)23)11(20-12)25-7-17;1-12(2,3)16-11(15)13-10-6-4-9(8-14)5-7-10;1-2-4-5-3-1;2-1-3;;/h4-7,13,15,17H,8-12,14H2,1-3H3,(H,30,33)(H,28,29,31);1-4,10,12,14H,5-9,11,23H2,(H,24,25,26);1-4,6H,5H2,(H,18,19,20);9-10,14H,4-8H2,1-3H3,(H,13,15);1-4H2;1H2;;/q;;;;;;+1;-1. The van der Waals surface area contributed by atoms with Crippen LogP contribution in [0.25, 0.3) is 0 Å². The Bertz CT molecular complexity index is 4180. The van der Waals surface area contributed by atoms with Crippen molar-refractivity contribution in [3.63, 3.8) is 0 Å². The van der Waals surface area contributed by atoms with Crippen LogP contribution in [0.5, 0.6) is 29.0 Å². The molecule has 652 valence electrons. The summed E-state index contributed by atoms with van der Waals surface area (Å²) >= 11 is 10.0. The van der Waals surface area contributed by atoms with E-state index in [0.29, 0.717) is 30.5 Å². The number of rotatable bonds is 25. The minimum Gasteiger partial charge on any atom is -1.00 e. The SMILES string of the molecule is C1CCOC1.CC(C)(C)OC(=O)NC1CCC(CO)CC1.CC(C)(C)OC(=O)NC1CCC(COc2nc(NCc3ccccc3OC(F)(F)F)ncc2[N+](=O)[O-])CC1.ClCCl.N#CSc1nc(NCc2ccccc2OC(F)(F)F)ncc1[N+](=O)[O-].NC1CCC(COc2nc(NCc3ccccc3OC(F)(F)F)ncc2[N+](=O)[O-])CC1.[H-].[Na+]. The van der Waals surface area contributed by atoms with Crippen LogP contribution in [0.15, 0.2) is 96.4 Å². The van der Waals surface area contributed by atoms with E-state index in [9.17, 15) is 79.4 Å². The van der Waals surface area contributed by atoms with Gasteiger partial charge in [0.05, 0.1) is 33.3 Å². The molecule has 4 aliphatic rings. The summed E-state index contributed by atoms with van der Waals surface area (Å²) < 4.78 is 151. The third-order valence-corrected chi connectivity index (χ3v) is 17.5. The summed E-state index contributed by atoms with van der Waals surface area (Å²) in [7, 11) is 0. The van der Waals surface area contributed by atoms with E-state index in [0.717, 1.165) is 102 Å². The number of thiocyanates is 1. The number of amides is 2. The van der Waals surface area contributed by atoms with Crippen LogP contribution < -0.4 is 85.6 Å². The average molecular weight is 1760 g/mol. The second kappa shape index (κ2) is 50.7. The number of benzene rings is 3. The maximum Gasteiger partial charge on any atom is 1.00 e. The molecule has 0 spiro atoms. The van der Waals surface area contributed by atoms with Crippen molar-refractivity contribution in [2.45, 2.75) is 205 Å². The van der Waals surface area contributed by atoms with E-state index < -0.39 is 68.3 Å². The number of anilines is 3. The van der Waals surface area contributed by atoms with Gasteiger partial charge in [-0.05, 0) is 167 Å². The Balaban J connectivity index is 0.000000411. The first-order valence-electron chi connectivity index (χ1n) is 36.8. The van der Waals surface area contributed by atoms with Crippen molar-refractivity contribution in [2.24, 2.45) is 23.5 Å². The number of nitrogens with one attached hydrogen (secondary N) is 5. The average Bonchev–Trinajstić information content (AvgIpc) is 1.05. The van der Waals surface area contributed by atoms with Gasteiger partial charge in [-0.25, -0.2) is 24.5 Å². The number of aliphatic hydroxyl groups is 1. The van der Waals surface area contributed by atoms with E-state index in [1.807, 2.05) is 20.8 Å². The zero-order valence-electron chi connectivity index (χ0n) is 67.0. The normalized spacial score (nSPS) is 17.6. The molecular formula is C73H94Cl2F9N16NaO17S. The van der Waals surface area contributed by atoms with Crippen molar-refractivity contribution in [3.05, 3.63) is 138 Å². The molecule has 1 saturated heterocycles. The molecule has 119 heavy (non-hydrogen) atoms. The van der Waals surface area contributed by atoms with Crippen LogP contribution >= 0.6 is 35.0 Å². The number of hydrogen-bond donors (Lipinski definition) is 7. The summed E-state index contributed by atoms with van der Waals surface area (Å²) in [5.74, 6) is -1.03. The first-order valence-corrected chi connectivity index (χ1v) is 38.6. The van der Waals surface area contributed by atoms with E-state index in [1.165, 1.54) is 67.4 Å². The predicted octanol–water partition coefficient (Wildman–Crippen LogP) is 14.0. The number of alkyl carbamates (subject to hydrolysis) is 2. The molecule has 46 heteroatoms. The van der Waals surface area contributed by atoms with Crippen LogP contribution in [0.3, 0.4) is 0 Å². The number of nitro groups is 3. The van der Waals surface area contributed by atoms with Gasteiger partial charge in [0.1, 0.15) is 52.4 Å². The van der Waals surface area contributed by atoms with E-state index in [-0.39, 0.29) is 180 Å². The molecule has 4 heterocycles. The molecule has 6 aromatic rings. The summed E-state index contributed by atoms with van der Waals surface area (Å²) in [4.78, 5) is 78.3. The minimum absolute atomic E-state index is 0. The van der Waals surface area contributed by atoms with Gasteiger partial charge in [-0.15, -0.1) is 62.7 Å². The maximum atomic E-state index is 12.7. The fourth-order valence-electron chi connectivity index (χ4n) is 11.4. The number of thioether (sulfide) groups is 1. The molecular weight excluding hydrogens is 1670 g/mol. The van der Waals surface area contributed by atoms with Gasteiger partial charge in [0, 0.05) is 86.0 Å². The van der Waals surface area contributed by atoms with E-state index in [4.69, 9.17) is 63.0 Å². The van der Waals surface area contributed by atoms with Gasteiger partial charge < -0.3 is 76.7 Å². The van der Waals surface area contributed by atoms with Crippen molar-refractivity contribution in [3.8, 4) is 34.4 Å². The number of nitrogens with zero attached hydrogens (tertiary/aromatic N) is 10. The summed E-state index contributed by atoms with van der Waals surface area (Å²) in [6, 6.07) is 17.0. The number of ether oxygens (including phenoxy) is 8. The molecule has 1 aliphatic heterocycles. The Hall–Kier alpha value is -9.29. The van der Waals surface area contributed by atoms with Crippen molar-refractivity contribution >= 4 is 82.1 Å². The minimum atomic E-state index is -4.86. The molecule has 0 bridgehead atoms. The van der Waals surface area contributed by atoms with Crippen LogP contribution in [-0.4, -0.2) is 149 Å². The number of nitriles is 1. The van der Waals surface area contributed by atoms with Gasteiger partial charge in [-0.3, -0.25) is 30.3 Å². The van der Waals surface area contributed by atoms with Gasteiger partial charge in [-0.1, -0.05) is 54.6 Å². The zero-order valence-corrected chi connectivity index (χ0v) is 70.3. The number of halogens is 11. The first-order chi connectivity index (χ1) is 55.6. The number of carbonyl (C=O) groups excluding carboxylic acids is 2. The quantitative estimate of drug-likeness (QED) is 0.00409. The molecule has 33 nitrogen and oxygen atoms in total. The van der Waals surface area contributed by atoms with Crippen LogP contribution in [0.2, 0.25) is 0 Å². The Labute approximate surface area is 716 Å². The molecule has 10 rings (SSSR count). The molecule has 0 radical (unpaired) electrons. The molecule has 3 aromatic heterocycles. The van der Waals surface area contributed by atoms with Crippen LogP contribution in [0, 0.1) is 58.8 Å². The van der Waals surface area contributed by atoms with Crippen LogP contribution in [0.1, 0.15) is 150 Å². The first kappa shape index (κ1) is 102. The van der Waals surface area contributed by atoms with Crippen LogP contribution in [-0.2, 0) is 33.8 Å². The smallest absolute Gasteiger partial charge is 1.00 e. The zero-order chi connectivity index (χ0) is 87.2. The fraction of sp³-hybridized carbons (Fsp3) is 0.548. The molecule has 4 fully saturated rings. The van der Waals surface area contributed by atoms with E-state index >= 15 is 0 Å². The van der Waals surface area contributed by atoms with Crippen LogP contribution in [0.4, 0.5) is 84.0 Å². The summed E-state index contributed by atoms with van der Waals surface area (Å²) in [5.41, 5.74) is 4.16. The van der Waals surface area contributed by atoms with Gasteiger partial charge >= 0.3 is 77.9 Å². The van der Waals surface area contributed by atoms with Crippen molar-refractivity contribution < 1.29 is 138 Å². The number of para-hydroxylation sites is 3. The molecule has 2 amide bonds. The monoisotopic (exact) mass is 1760 g/mol. The Kier molecular flexibility index (Phi) is 43.5. The molecule has 8 N–H and O–H groups in total. The van der Waals surface area contributed by atoms with Gasteiger partial charge in [0.15, 0.2) is 5.03 Å². The number of hydrogen-bond acceptors (Lipinski definition) is 29. The second-order valence-corrected chi connectivity index (χ2v) is 30.0. The Morgan fingerprint density at radius 3 is 1.18 bits per heavy atom. The van der Waals surface area contributed by atoms with Gasteiger partial charge in [-0.2, -0.15) is 20.2 Å². The number of aliphatic hydroxyl groups excluding tert-OH is 1.